The molecule has 2 aromatic rings. The van der Waals surface area contributed by atoms with E-state index < -0.39 is 0 Å². The van der Waals surface area contributed by atoms with Crippen molar-refractivity contribution in [1.29, 1.82) is 0 Å². The molecule has 0 aliphatic heterocycles. The van der Waals surface area contributed by atoms with Gasteiger partial charge >= 0.3 is 0 Å². The van der Waals surface area contributed by atoms with Crippen molar-refractivity contribution >= 4 is 43.5 Å². The van der Waals surface area contributed by atoms with Gasteiger partial charge in [-0.1, -0.05) is 49.5 Å². The topological polar surface area (TPSA) is 12.0 Å². The Kier molecular flexibility index (Phi) is 5.61. The number of rotatable bonds is 4. The normalized spacial score (nSPS) is 12.4. The molecule has 0 bridgehead atoms. The minimum absolute atomic E-state index is 0.00504. The number of nitrogens with one attached hydrogen (secondary N) is 1. The summed E-state index contributed by atoms with van der Waals surface area (Å²) >= 11 is 12.8. The first-order valence-electron chi connectivity index (χ1n) is 6.07. The zero-order valence-corrected chi connectivity index (χ0v) is 14.7. The Morgan fingerprint density at radius 1 is 1.20 bits per heavy atom. The molecule has 106 valence electrons. The second-order valence-corrected chi connectivity index (χ2v) is 6.65. The fourth-order valence-corrected chi connectivity index (χ4v) is 3.44. The highest BCUT2D eigenvalue weighted by Gasteiger charge is 2.16. The van der Waals surface area contributed by atoms with Crippen molar-refractivity contribution in [1.82, 2.24) is 5.32 Å². The Morgan fingerprint density at radius 2 is 1.95 bits per heavy atom. The van der Waals surface area contributed by atoms with E-state index in [2.05, 4.69) is 37.2 Å². The van der Waals surface area contributed by atoms with Gasteiger partial charge in [-0.25, -0.2) is 4.39 Å². The highest BCUT2D eigenvalue weighted by Crippen LogP contribution is 2.29. The van der Waals surface area contributed by atoms with Crippen molar-refractivity contribution in [3.8, 4) is 0 Å². The van der Waals surface area contributed by atoms with Gasteiger partial charge in [0.05, 0.1) is 0 Å². The molecule has 1 atom stereocenters. The van der Waals surface area contributed by atoms with Crippen molar-refractivity contribution in [2.45, 2.75) is 12.5 Å². The molecular formula is C15H13Br2ClFN. The standard InChI is InChI=1S/C15H13Br2ClFN/c1-20-15(12-4-3-11(18)8-13(12)17)7-9-6-10(16)2-5-14(9)19/h2-6,8,15,20H,7H2,1H3. The van der Waals surface area contributed by atoms with Crippen LogP contribution >= 0.6 is 43.5 Å². The highest BCUT2D eigenvalue weighted by atomic mass is 79.9. The van der Waals surface area contributed by atoms with Crippen LogP contribution in [-0.4, -0.2) is 7.05 Å². The lowest BCUT2D eigenvalue weighted by molar-refractivity contribution is 0.553. The van der Waals surface area contributed by atoms with E-state index in [0.29, 0.717) is 17.0 Å². The Balaban J connectivity index is 2.31. The molecule has 1 nitrogen and oxygen atoms in total. The smallest absolute Gasteiger partial charge is 0.126 e. The van der Waals surface area contributed by atoms with Gasteiger partial charge in [-0.05, 0) is 54.9 Å². The second kappa shape index (κ2) is 7.03. The fourth-order valence-electron chi connectivity index (χ4n) is 2.07. The molecule has 0 aliphatic carbocycles. The van der Waals surface area contributed by atoms with E-state index in [1.54, 1.807) is 6.07 Å². The van der Waals surface area contributed by atoms with Crippen LogP contribution in [-0.2, 0) is 6.42 Å². The van der Waals surface area contributed by atoms with E-state index in [0.717, 1.165) is 14.5 Å². The zero-order chi connectivity index (χ0) is 14.7. The predicted octanol–water partition coefficient (Wildman–Crippen LogP) is 5.51. The lowest BCUT2D eigenvalue weighted by atomic mass is 9.99. The van der Waals surface area contributed by atoms with Crippen LogP contribution in [0.25, 0.3) is 0 Å². The molecule has 0 heterocycles. The minimum Gasteiger partial charge on any atom is -0.313 e. The first-order chi connectivity index (χ1) is 9.51. The third-order valence-corrected chi connectivity index (χ3v) is 4.53. The monoisotopic (exact) mass is 419 g/mol. The molecule has 1 N–H and O–H groups in total. The Labute approximate surface area is 139 Å². The average molecular weight is 422 g/mol. The van der Waals surface area contributed by atoms with E-state index in [-0.39, 0.29) is 11.9 Å². The number of hydrogen-bond acceptors (Lipinski definition) is 1. The number of halogens is 4. The third kappa shape index (κ3) is 3.82. The summed E-state index contributed by atoms with van der Waals surface area (Å²) in [5, 5.41) is 3.89. The molecule has 0 saturated carbocycles. The molecule has 2 rings (SSSR count). The SMILES string of the molecule is CNC(Cc1cc(Br)ccc1F)c1ccc(Cl)cc1Br. The Bertz CT molecular complexity index is 619. The molecule has 2 aromatic carbocycles. The molecule has 0 fully saturated rings. The predicted molar refractivity (Wildman–Crippen MR) is 88.8 cm³/mol. The minimum atomic E-state index is -0.196. The van der Waals surface area contributed by atoms with Gasteiger partial charge in [0.25, 0.3) is 0 Å². The van der Waals surface area contributed by atoms with Gasteiger partial charge < -0.3 is 5.32 Å². The maximum atomic E-state index is 13.9. The first-order valence-corrected chi connectivity index (χ1v) is 8.04. The van der Waals surface area contributed by atoms with Gasteiger partial charge in [-0.15, -0.1) is 0 Å². The lowest BCUT2D eigenvalue weighted by Crippen LogP contribution is -2.19. The van der Waals surface area contributed by atoms with Crippen LogP contribution in [0.1, 0.15) is 17.2 Å². The maximum absolute atomic E-state index is 13.9. The van der Waals surface area contributed by atoms with E-state index in [1.807, 2.05) is 31.3 Å². The molecule has 0 aliphatic rings. The van der Waals surface area contributed by atoms with E-state index in [1.165, 1.54) is 6.07 Å². The molecule has 0 amide bonds. The summed E-state index contributed by atoms with van der Waals surface area (Å²) in [5.74, 6) is -0.196. The number of likely N-dealkylation sites (N-methyl/N-ethyl adjacent to an activating group) is 1. The van der Waals surface area contributed by atoms with Crippen molar-refractivity contribution in [3.05, 3.63) is 67.3 Å². The van der Waals surface area contributed by atoms with Crippen LogP contribution in [0.15, 0.2) is 45.3 Å². The van der Waals surface area contributed by atoms with Crippen molar-refractivity contribution in [2.24, 2.45) is 0 Å². The summed E-state index contributed by atoms with van der Waals surface area (Å²) in [7, 11) is 1.86. The molecular weight excluding hydrogens is 408 g/mol. The molecule has 0 aromatic heterocycles. The summed E-state index contributed by atoms with van der Waals surface area (Å²) < 4.78 is 15.7. The van der Waals surface area contributed by atoms with Crippen LogP contribution in [0.2, 0.25) is 5.02 Å². The second-order valence-electron chi connectivity index (χ2n) is 4.45. The molecule has 0 radical (unpaired) electrons. The van der Waals surface area contributed by atoms with Crippen LogP contribution < -0.4 is 5.32 Å². The summed E-state index contributed by atoms with van der Waals surface area (Å²) in [6.07, 6.45) is 0.558. The molecule has 20 heavy (non-hydrogen) atoms. The van der Waals surface area contributed by atoms with Crippen LogP contribution in [0.3, 0.4) is 0 Å². The van der Waals surface area contributed by atoms with E-state index in [9.17, 15) is 4.39 Å². The highest BCUT2D eigenvalue weighted by molar-refractivity contribution is 9.10. The van der Waals surface area contributed by atoms with Gasteiger partial charge in [0.2, 0.25) is 0 Å². The lowest BCUT2D eigenvalue weighted by Gasteiger charge is -2.19. The van der Waals surface area contributed by atoms with Crippen molar-refractivity contribution in [3.63, 3.8) is 0 Å². The van der Waals surface area contributed by atoms with Crippen LogP contribution in [0.5, 0.6) is 0 Å². The van der Waals surface area contributed by atoms with Crippen molar-refractivity contribution < 1.29 is 4.39 Å². The molecule has 0 saturated heterocycles. The molecule has 5 heteroatoms. The van der Waals surface area contributed by atoms with Gasteiger partial charge in [-0.2, -0.15) is 0 Å². The molecule has 0 spiro atoms. The maximum Gasteiger partial charge on any atom is 0.126 e. The third-order valence-electron chi connectivity index (χ3n) is 3.12. The van der Waals surface area contributed by atoms with Crippen LogP contribution in [0, 0.1) is 5.82 Å². The fraction of sp³-hybridized carbons (Fsp3) is 0.200. The summed E-state index contributed by atoms with van der Waals surface area (Å²) in [6.45, 7) is 0. The van der Waals surface area contributed by atoms with E-state index in [4.69, 9.17) is 11.6 Å². The van der Waals surface area contributed by atoms with Gasteiger partial charge in [0, 0.05) is 20.0 Å². The van der Waals surface area contributed by atoms with Crippen LogP contribution in [0.4, 0.5) is 4.39 Å². The summed E-state index contributed by atoms with van der Waals surface area (Å²) in [6, 6.07) is 10.6. The summed E-state index contributed by atoms with van der Waals surface area (Å²) in [4.78, 5) is 0. The number of hydrogen-bond donors (Lipinski definition) is 1. The largest absolute Gasteiger partial charge is 0.313 e. The zero-order valence-electron chi connectivity index (χ0n) is 10.8. The Morgan fingerprint density at radius 3 is 2.60 bits per heavy atom. The summed E-state index contributed by atoms with van der Waals surface area (Å²) in [5.41, 5.74) is 1.72. The average Bonchev–Trinajstić information content (AvgIpc) is 2.40. The van der Waals surface area contributed by atoms with E-state index >= 15 is 0 Å². The van der Waals surface area contributed by atoms with Gasteiger partial charge in [0.15, 0.2) is 0 Å². The quantitative estimate of drug-likeness (QED) is 0.687. The molecule has 1 unspecified atom stereocenters. The van der Waals surface area contributed by atoms with Crippen molar-refractivity contribution in [2.75, 3.05) is 7.05 Å². The Hall–Kier alpha value is -0.420. The number of benzene rings is 2. The van der Waals surface area contributed by atoms with Gasteiger partial charge in [0.1, 0.15) is 5.82 Å². The van der Waals surface area contributed by atoms with Gasteiger partial charge in [-0.3, -0.25) is 0 Å². The first kappa shape index (κ1) is 16.0.